The highest BCUT2D eigenvalue weighted by Crippen LogP contribution is 2.14. The summed E-state index contributed by atoms with van der Waals surface area (Å²) < 4.78 is 0. The molecule has 0 spiro atoms. The molecular formula is C18H24ClN3O2. The van der Waals surface area contributed by atoms with E-state index in [2.05, 4.69) is 5.32 Å². The highest BCUT2D eigenvalue weighted by Gasteiger charge is 2.21. The van der Waals surface area contributed by atoms with Gasteiger partial charge in [-0.15, -0.1) is 0 Å². The molecule has 0 saturated carbocycles. The maximum absolute atomic E-state index is 12.3. The van der Waals surface area contributed by atoms with Crippen LogP contribution in [-0.2, 0) is 11.3 Å². The number of hydrogen-bond donors (Lipinski definition) is 1. The van der Waals surface area contributed by atoms with Crippen LogP contribution in [0.1, 0.15) is 25.8 Å². The Morgan fingerprint density at radius 1 is 1.12 bits per heavy atom. The average Bonchev–Trinajstić information content (AvgIpc) is 2.79. The van der Waals surface area contributed by atoms with Crippen molar-refractivity contribution in [3.63, 3.8) is 0 Å². The molecule has 0 atom stereocenters. The average molecular weight is 350 g/mol. The molecule has 0 unspecified atom stereocenters. The number of carbonyl (C=O) groups excluding carboxylic acids is 2. The summed E-state index contributed by atoms with van der Waals surface area (Å²) in [4.78, 5) is 28.0. The lowest BCUT2D eigenvalue weighted by Gasteiger charge is -2.22. The predicted octanol–water partition coefficient (Wildman–Crippen LogP) is 3.05. The number of amides is 3. The molecule has 1 heterocycles. The number of hydrogen-bond acceptors (Lipinski definition) is 2. The Labute approximate surface area is 148 Å². The highest BCUT2D eigenvalue weighted by atomic mass is 35.5. The zero-order valence-corrected chi connectivity index (χ0v) is 15.0. The summed E-state index contributed by atoms with van der Waals surface area (Å²) in [6, 6.07) is 7.34. The van der Waals surface area contributed by atoms with Gasteiger partial charge in [0.2, 0.25) is 5.91 Å². The topological polar surface area (TPSA) is 52.7 Å². The molecule has 0 radical (unpaired) electrons. The molecule has 1 fully saturated rings. The molecule has 3 amide bonds. The van der Waals surface area contributed by atoms with E-state index in [9.17, 15) is 9.59 Å². The molecule has 1 aliphatic rings. The Kier molecular flexibility index (Phi) is 6.67. The normalized spacial score (nSPS) is 14.8. The van der Waals surface area contributed by atoms with E-state index in [0.717, 1.165) is 17.6 Å². The molecule has 6 heteroatoms. The van der Waals surface area contributed by atoms with Crippen LogP contribution >= 0.6 is 11.6 Å². The van der Waals surface area contributed by atoms with Gasteiger partial charge >= 0.3 is 6.03 Å². The van der Waals surface area contributed by atoms with E-state index in [1.165, 1.54) is 0 Å². The van der Waals surface area contributed by atoms with E-state index in [0.29, 0.717) is 37.7 Å². The Morgan fingerprint density at radius 3 is 2.50 bits per heavy atom. The van der Waals surface area contributed by atoms with E-state index in [4.69, 9.17) is 11.6 Å². The molecule has 1 N–H and O–H groups in total. The van der Waals surface area contributed by atoms with Crippen molar-refractivity contribution in [1.82, 2.24) is 15.1 Å². The van der Waals surface area contributed by atoms with Gasteiger partial charge in [-0.2, -0.15) is 0 Å². The first kappa shape index (κ1) is 18.3. The Balaban J connectivity index is 1.87. The van der Waals surface area contributed by atoms with Gasteiger partial charge < -0.3 is 15.1 Å². The molecule has 1 saturated heterocycles. The molecule has 5 nitrogen and oxygen atoms in total. The van der Waals surface area contributed by atoms with E-state index in [1.54, 1.807) is 15.9 Å². The van der Waals surface area contributed by atoms with E-state index >= 15 is 0 Å². The van der Waals surface area contributed by atoms with Crippen molar-refractivity contribution in [2.24, 2.45) is 0 Å². The summed E-state index contributed by atoms with van der Waals surface area (Å²) in [7, 11) is 0. The first-order chi connectivity index (χ1) is 11.5. The second-order valence-corrected chi connectivity index (χ2v) is 6.54. The fourth-order valence-electron chi connectivity index (χ4n) is 2.60. The van der Waals surface area contributed by atoms with E-state index in [-0.39, 0.29) is 11.9 Å². The van der Waals surface area contributed by atoms with Gasteiger partial charge in [0.05, 0.1) is 0 Å². The summed E-state index contributed by atoms with van der Waals surface area (Å²) in [5, 5.41) is 3.55. The van der Waals surface area contributed by atoms with Gasteiger partial charge in [0.15, 0.2) is 0 Å². The molecule has 0 bridgehead atoms. The quantitative estimate of drug-likeness (QED) is 0.853. The summed E-state index contributed by atoms with van der Waals surface area (Å²) in [6.45, 7) is 6.63. The Hall–Kier alpha value is -2.01. The van der Waals surface area contributed by atoms with Crippen molar-refractivity contribution in [3.05, 3.63) is 46.5 Å². The third-order valence-corrected chi connectivity index (χ3v) is 4.26. The maximum Gasteiger partial charge on any atom is 0.317 e. The van der Waals surface area contributed by atoms with Crippen LogP contribution in [0.5, 0.6) is 0 Å². The fraction of sp³-hybridized carbons (Fsp3) is 0.444. The number of nitrogens with zero attached hydrogens (tertiary/aromatic N) is 2. The first-order valence-electron chi connectivity index (χ1n) is 8.17. The number of carbonyl (C=O) groups is 2. The summed E-state index contributed by atoms with van der Waals surface area (Å²) in [6.07, 6.45) is 2.43. The monoisotopic (exact) mass is 349 g/mol. The third kappa shape index (κ3) is 5.27. The lowest BCUT2D eigenvalue weighted by Crippen LogP contribution is -2.42. The van der Waals surface area contributed by atoms with Gasteiger partial charge in [-0.05, 0) is 31.9 Å². The number of urea groups is 1. The molecule has 2 rings (SSSR count). The smallest absolute Gasteiger partial charge is 0.317 e. The minimum Gasteiger partial charge on any atom is -0.337 e. The summed E-state index contributed by atoms with van der Waals surface area (Å²) >= 11 is 6.10. The number of rotatable bonds is 3. The largest absolute Gasteiger partial charge is 0.337 e. The van der Waals surface area contributed by atoms with Gasteiger partial charge in [-0.3, -0.25) is 4.79 Å². The zero-order chi connectivity index (χ0) is 17.5. The van der Waals surface area contributed by atoms with E-state index in [1.807, 2.05) is 38.1 Å². The van der Waals surface area contributed by atoms with Crippen molar-refractivity contribution < 1.29 is 9.59 Å². The van der Waals surface area contributed by atoms with Gasteiger partial charge in [-0.1, -0.05) is 35.4 Å². The van der Waals surface area contributed by atoms with Crippen LogP contribution in [0.3, 0.4) is 0 Å². The van der Waals surface area contributed by atoms with Crippen LogP contribution in [0.4, 0.5) is 4.79 Å². The van der Waals surface area contributed by atoms with Crippen LogP contribution in [-0.4, -0.2) is 47.9 Å². The summed E-state index contributed by atoms with van der Waals surface area (Å²) in [5.74, 6) is 0.0216. The van der Waals surface area contributed by atoms with Crippen molar-refractivity contribution in [3.8, 4) is 0 Å². The van der Waals surface area contributed by atoms with Crippen molar-refractivity contribution >= 4 is 23.5 Å². The molecule has 1 aromatic rings. The lowest BCUT2D eigenvalue weighted by molar-refractivity contribution is -0.125. The molecular weight excluding hydrogens is 326 g/mol. The highest BCUT2D eigenvalue weighted by molar-refractivity contribution is 6.31. The van der Waals surface area contributed by atoms with Crippen LogP contribution in [0.15, 0.2) is 35.9 Å². The molecule has 130 valence electrons. The van der Waals surface area contributed by atoms with Gasteiger partial charge in [0, 0.05) is 43.8 Å². The number of benzene rings is 1. The molecule has 0 aliphatic carbocycles. The molecule has 24 heavy (non-hydrogen) atoms. The van der Waals surface area contributed by atoms with Gasteiger partial charge in [0.25, 0.3) is 0 Å². The van der Waals surface area contributed by atoms with Crippen molar-refractivity contribution in [2.75, 3.05) is 26.2 Å². The predicted molar refractivity (Wildman–Crippen MR) is 95.9 cm³/mol. The number of nitrogens with one attached hydrogen (secondary N) is 1. The second-order valence-electron chi connectivity index (χ2n) is 6.14. The minimum atomic E-state index is -0.119. The van der Waals surface area contributed by atoms with Crippen LogP contribution < -0.4 is 5.32 Å². The number of allylic oxidation sites excluding steroid dienone is 1. The number of halogens is 1. The van der Waals surface area contributed by atoms with Crippen LogP contribution in [0.25, 0.3) is 0 Å². The minimum absolute atomic E-state index is 0.0216. The molecule has 0 aromatic heterocycles. The SMILES string of the molecule is CC(C)=CC(=O)N1CCCN(C(=O)NCc2ccccc2Cl)CC1. The van der Waals surface area contributed by atoms with Gasteiger partial charge in [-0.25, -0.2) is 4.79 Å². The van der Waals surface area contributed by atoms with E-state index < -0.39 is 0 Å². The van der Waals surface area contributed by atoms with Gasteiger partial charge in [0.1, 0.15) is 0 Å². The zero-order valence-electron chi connectivity index (χ0n) is 14.2. The maximum atomic E-state index is 12.3. The Bertz CT molecular complexity index is 626. The first-order valence-corrected chi connectivity index (χ1v) is 8.55. The van der Waals surface area contributed by atoms with Crippen LogP contribution in [0.2, 0.25) is 5.02 Å². The van der Waals surface area contributed by atoms with Crippen molar-refractivity contribution in [2.45, 2.75) is 26.8 Å². The molecule has 1 aliphatic heterocycles. The lowest BCUT2D eigenvalue weighted by atomic mass is 10.2. The standard InChI is InChI=1S/C18H24ClN3O2/c1-14(2)12-17(23)21-8-5-9-22(11-10-21)18(24)20-13-15-6-3-4-7-16(15)19/h3-4,6-7,12H,5,8-11,13H2,1-2H3,(H,20,24). The van der Waals surface area contributed by atoms with Crippen molar-refractivity contribution in [1.29, 1.82) is 0 Å². The molecule has 1 aromatic carbocycles. The summed E-state index contributed by atoms with van der Waals surface area (Å²) in [5.41, 5.74) is 1.88. The van der Waals surface area contributed by atoms with Crippen LogP contribution in [0, 0.1) is 0 Å². The second kappa shape index (κ2) is 8.73. The third-order valence-electron chi connectivity index (χ3n) is 3.89. The fourth-order valence-corrected chi connectivity index (χ4v) is 2.81. The Morgan fingerprint density at radius 2 is 1.79 bits per heavy atom.